The van der Waals surface area contributed by atoms with Gasteiger partial charge in [0, 0.05) is 24.5 Å². The Kier molecular flexibility index (Phi) is 4.23. The Balaban J connectivity index is 2.75. The number of rotatable bonds is 3. The summed E-state index contributed by atoms with van der Waals surface area (Å²) in [6.07, 6.45) is 1.58. The van der Waals surface area contributed by atoms with Gasteiger partial charge in [-0.15, -0.1) is 0 Å². The second kappa shape index (κ2) is 5.27. The fourth-order valence-corrected chi connectivity index (χ4v) is 1.47. The van der Waals surface area contributed by atoms with E-state index in [9.17, 15) is 4.79 Å². The summed E-state index contributed by atoms with van der Waals surface area (Å²) in [4.78, 5) is 16.1. The molecule has 0 saturated heterocycles. The van der Waals surface area contributed by atoms with Gasteiger partial charge in [0.2, 0.25) is 0 Å². The highest BCUT2D eigenvalue weighted by Crippen LogP contribution is 2.18. The van der Waals surface area contributed by atoms with Crippen LogP contribution in [-0.4, -0.2) is 23.5 Å². The maximum atomic E-state index is 12.0. The summed E-state index contributed by atoms with van der Waals surface area (Å²) in [6, 6.07) is 3.55. The fraction of sp³-hybridized carbons (Fsp3) is 0.538. The first-order chi connectivity index (χ1) is 7.84. The van der Waals surface area contributed by atoms with Crippen LogP contribution >= 0.6 is 0 Å². The predicted octanol–water partition coefficient (Wildman–Crippen LogP) is 1.49. The quantitative estimate of drug-likeness (QED) is 0.834. The van der Waals surface area contributed by atoms with Crippen molar-refractivity contribution in [1.29, 1.82) is 0 Å². The molecular formula is C13H21N3O. The van der Waals surface area contributed by atoms with Crippen LogP contribution in [0.15, 0.2) is 18.3 Å². The second-order valence-electron chi connectivity index (χ2n) is 5.32. The summed E-state index contributed by atoms with van der Waals surface area (Å²) in [5.41, 5.74) is 7.09. The average molecular weight is 235 g/mol. The predicted molar refractivity (Wildman–Crippen MR) is 68.7 cm³/mol. The van der Waals surface area contributed by atoms with Crippen LogP contribution in [0.2, 0.25) is 0 Å². The van der Waals surface area contributed by atoms with Gasteiger partial charge in [-0.3, -0.25) is 9.78 Å². The SMILES string of the molecule is Cc1ccc(C(=O)NC(CN)C(C)(C)C)cn1. The number of carbonyl (C=O) groups is 1. The van der Waals surface area contributed by atoms with Gasteiger partial charge in [-0.05, 0) is 24.5 Å². The van der Waals surface area contributed by atoms with Crippen LogP contribution in [0, 0.1) is 12.3 Å². The molecule has 1 atom stereocenters. The van der Waals surface area contributed by atoms with Gasteiger partial charge < -0.3 is 11.1 Å². The molecule has 0 fully saturated rings. The van der Waals surface area contributed by atoms with E-state index in [1.54, 1.807) is 12.3 Å². The molecule has 17 heavy (non-hydrogen) atoms. The van der Waals surface area contributed by atoms with Crippen LogP contribution in [0.1, 0.15) is 36.8 Å². The van der Waals surface area contributed by atoms with Crippen molar-refractivity contribution in [3.63, 3.8) is 0 Å². The first kappa shape index (κ1) is 13.6. The Labute approximate surface area is 103 Å². The summed E-state index contributed by atoms with van der Waals surface area (Å²) >= 11 is 0. The van der Waals surface area contributed by atoms with E-state index in [2.05, 4.69) is 31.1 Å². The molecule has 0 saturated carbocycles. The molecule has 1 aromatic rings. The van der Waals surface area contributed by atoms with E-state index in [4.69, 9.17) is 5.73 Å². The number of carbonyl (C=O) groups excluding carboxylic acids is 1. The van der Waals surface area contributed by atoms with Gasteiger partial charge in [0.25, 0.3) is 5.91 Å². The third-order valence-electron chi connectivity index (χ3n) is 2.76. The fourth-order valence-electron chi connectivity index (χ4n) is 1.47. The highest BCUT2D eigenvalue weighted by atomic mass is 16.1. The normalized spacial score (nSPS) is 13.2. The average Bonchev–Trinajstić information content (AvgIpc) is 2.24. The molecule has 4 nitrogen and oxygen atoms in total. The van der Waals surface area contributed by atoms with E-state index in [-0.39, 0.29) is 17.4 Å². The van der Waals surface area contributed by atoms with Crippen molar-refractivity contribution in [2.45, 2.75) is 33.7 Å². The van der Waals surface area contributed by atoms with E-state index in [0.717, 1.165) is 5.69 Å². The first-order valence-corrected chi connectivity index (χ1v) is 5.78. The Morgan fingerprint density at radius 2 is 2.12 bits per heavy atom. The molecule has 1 unspecified atom stereocenters. The standard InChI is InChI=1S/C13H21N3O/c1-9-5-6-10(8-15-9)12(17)16-11(7-14)13(2,3)4/h5-6,8,11H,7,14H2,1-4H3,(H,16,17). The van der Waals surface area contributed by atoms with Gasteiger partial charge in [-0.2, -0.15) is 0 Å². The molecule has 0 bridgehead atoms. The lowest BCUT2D eigenvalue weighted by atomic mass is 9.86. The molecule has 4 heteroatoms. The van der Waals surface area contributed by atoms with Gasteiger partial charge in [0.1, 0.15) is 0 Å². The molecular weight excluding hydrogens is 214 g/mol. The maximum absolute atomic E-state index is 12.0. The van der Waals surface area contributed by atoms with Gasteiger partial charge >= 0.3 is 0 Å². The third kappa shape index (κ3) is 3.82. The summed E-state index contributed by atoms with van der Waals surface area (Å²) in [7, 11) is 0. The van der Waals surface area contributed by atoms with Crippen molar-refractivity contribution >= 4 is 5.91 Å². The smallest absolute Gasteiger partial charge is 0.253 e. The minimum Gasteiger partial charge on any atom is -0.347 e. The molecule has 1 heterocycles. The number of hydrogen-bond acceptors (Lipinski definition) is 3. The van der Waals surface area contributed by atoms with Crippen LogP contribution in [0.5, 0.6) is 0 Å². The van der Waals surface area contributed by atoms with Crippen molar-refractivity contribution in [1.82, 2.24) is 10.3 Å². The van der Waals surface area contributed by atoms with Gasteiger partial charge in [0.15, 0.2) is 0 Å². The van der Waals surface area contributed by atoms with E-state index in [1.165, 1.54) is 0 Å². The number of pyridine rings is 1. The van der Waals surface area contributed by atoms with Crippen molar-refractivity contribution in [3.05, 3.63) is 29.6 Å². The van der Waals surface area contributed by atoms with Crippen LogP contribution in [0.3, 0.4) is 0 Å². The summed E-state index contributed by atoms with van der Waals surface area (Å²) in [5.74, 6) is -0.122. The minimum absolute atomic E-state index is 0.0451. The molecule has 0 spiro atoms. The van der Waals surface area contributed by atoms with Gasteiger partial charge in [-0.1, -0.05) is 20.8 Å². The molecule has 3 N–H and O–H groups in total. The van der Waals surface area contributed by atoms with Crippen LogP contribution in [0.4, 0.5) is 0 Å². The molecule has 0 aromatic carbocycles. The van der Waals surface area contributed by atoms with Crippen LogP contribution in [0.25, 0.3) is 0 Å². The molecule has 94 valence electrons. The van der Waals surface area contributed by atoms with E-state index in [0.29, 0.717) is 12.1 Å². The van der Waals surface area contributed by atoms with E-state index in [1.807, 2.05) is 13.0 Å². The number of aryl methyl sites for hydroxylation is 1. The molecule has 0 aliphatic carbocycles. The lowest BCUT2D eigenvalue weighted by Crippen LogP contribution is -2.48. The lowest BCUT2D eigenvalue weighted by molar-refractivity contribution is 0.0905. The topological polar surface area (TPSA) is 68.0 Å². The highest BCUT2D eigenvalue weighted by Gasteiger charge is 2.25. The Morgan fingerprint density at radius 3 is 2.53 bits per heavy atom. The van der Waals surface area contributed by atoms with E-state index >= 15 is 0 Å². The minimum atomic E-state index is -0.122. The van der Waals surface area contributed by atoms with Gasteiger partial charge in [0.05, 0.1) is 5.56 Å². The molecule has 1 amide bonds. The number of nitrogens with two attached hydrogens (primary N) is 1. The number of aromatic nitrogens is 1. The first-order valence-electron chi connectivity index (χ1n) is 5.78. The Morgan fingerprint density at radius 1 is 1.47 bits per heavy atom. The third-order valence-corrected chi connectivity index (χ3v) is 2.76. The largest absolute Gasteiger partial charge is 0.347 e. The van der Waals surface area contributed by atoms with Gasteiger partial charge in [-0.25, -0.2) is 0 Å². The molecule has 1 aromatic heterocycles. The number of hydrogen-bond donors (Lipinski definition) is 2. The molecule has 1 rings (SSSR count). The number of nitrogens with one attached hydrogen (secondary N) is 1. The zero-order valence-corrected chi connectivity index (χ0v) is 10.9. The monoisotopic (exact) mass is 235 g/mol. The summed E-state index contributed by atoms with van der Waals surface area (Å²) < 4.78 is 0. The van der Waals surface area contributed by atoms with E-state index < -0.39 is 0 Å². The zero-order valence-electron chi connectivity index (χ0n) is 10.9. The Hall–Kier alpha value is -1.42. The van der Waals surface area contributed by atoms with Crippen molar-refractivity contribution < 1.29 is 4.79 Å². The van der Waals surface area contributed by atoms with Crippen LogP contribution in [-0.2, 0) is 0 Å². The van der Waals surface area contributed by atoms with Crippen molar-refractivity contribution in [2.24, 2.45) is 11.1 Å². The molecule has 0 radical (unpaired) electrons. The molecule has 0 aliphatic rings. The summed E-state index contributed by atoms with van der Waals surface area (Å²) in [6.45, 7) is 8.47. The zero-order chi connectivity index (χ0) is 13.1. The molecule has 0 aliphatic heterocycles. The highest BCUT2D eigenvalue weighted by molar-refractivity contribution is 5.94. The second-order valence-corrected chi connectivity index (χ2v) is 5.32. The maximum Gasteiger partial charge on any atom is 0.253 e. The Bertz CT molecular complexity index is 379. The summed E-state index contributed by atoms with van der Waals surface area (Å²) in [5, 5.41) is 2.94. The number of nitrogens with zero attached hydrogens (tertiary/aromatic N) is 1. The van der Waals surface area contributed by atoms with Crippen molar-refractivity contribution in [3.8, 4) is 0 Å². The number of amides is 1. The van der Waals surface area contributed by atoms with Crippen molar-refractivity contribution in [2.75, 3.05) is 6.54 Å². The lowest BCUT2D eigenvalue weighted by Gasteiger charge is -2.30. The van der Waals surface area contributed by atoms with Crippen LogP contribution < -0.4 is 11.1 Å².